The fourth-order valence-electron chi connectivity index (χ4n) is 6.07. The van der Waals surface area contributed by atoms with E-state index in [-0.39, 0.29) is 43.9 Å². The van der Waals surface area contributed by atoms with Crippen LogP contribution in [0.4, 0.5) is 4.79 Å². The lowest BCUT2D eigenvalue weighted by atomic mass is 9.93. The van der Waals surface area contributed by atoms with Crippen LogP contribution in [0, 0.1) is 11.8 Å². The Kier molecular flexibility index (Phi) is 16.9. The molecule has 0 aliphatic heterocycles. The molecule has 0 aliphatic rings. The zero-order valence-corrected chi connectivity index (χ0v) is 32.7. The molecule has 4 unspecified atom stereocenters. The zero-order valence-electron chi connectivity index (χ0n) is 32.7. The Morgan fingerprint density at radius 2 is 1.07 bits per heavy atom. The molecule has 6 N–H and O–H groups in total. The Morgan fingerprint density at radius 1 is 0.571 bits per heavy atom. The van der Waals surface area contributed by atoms with E-state index >= 15 is 0 Å². The summed E-state index contributed by atoms with van der Waals surface area (Å²) in [6.45, 7) is 7.68. The summed E-state index contributed by atoms with van der Waals surface area (Å²) in [5, 5.41) is 26.8. The van der Waals surface area contributed by atoms with E-state index in [1.54, 1.807) is 33.1 Å². The van der Waals surface area contributed by atoms with E-state index in [1.165, 1.54) is 0 Å². The van der Waals surface area contributed by atoms with Gasteiger partial charge in [0.25, 0.3) is 0 Å². The molecule has 12 heteroatoms. The fourth-order valence-corrected chi connectivity index (χ4v) is 6.07. The number of nitrogens with one attached hydrogen (secondary N) is 5. The van der Waals surface area contributed by atoms with Crippen molar-refractivity contribution in [2.24, 2.45) is 11.8 Å². The highest BCUT2D eigenvalue weighted by molar-refractivity contribution is 5.90. The molecule has 0 aliphatic carbocycles. The van der Waals surface area contributed by atoms with Gasteiger partial charge in [-0.3, -0.25) is 19.7 Å². The number of aliphatic hydroxyl groups is 1. The summed E-state index contributed by atoms with van der Waals surface area (Å²) in [7, 11) is 1.57. The van der Waals surface area contributed by atoms with Gasteiger partial charge >= 0.3 is 6.09 Å². The molecule has 298 valence electrons. The van der Waals surface area contributed by atoms with E-state index in [0.29, 0.717) is 5.75 Å². The maximum absolute atomic E-state index is 14.3. The second-order valence-corrected chi connectivity index (χ2v) is 14.4. The molecule has 0 aromatic heterocycles. The van der Waals surface area contributed by atoms with Crippen LogP contribution in [0.1, 0.15) is 49.9 Å². The number of amides is 4. The summed E-state index contributed by atoms with van der Waals surface area (Å²) < 4.78 is 10.7. The summed E-state index contributed by atoms with van der Waals surface area (Å²) in [5.74, 6) is -1.57. The number of methoxy groups -OCH3 is 1. The number of rotatable bonds is 20. The molecule has 5 atom stereocenters. The second-order valence-electron chi connectivity index (χ2n) is 14.4. The SMILES string of the molecule is COc1ccc(CNC(C(=O)N[C@@H](C(=O)NCc2ccccc2)C(C)C)C(O)C(Cc2ccccc2)NC(=O)C(NC(=O)OCc2ccccc2)C(C)C)cc1. The molecular weight excluding hydrogens is 711 g/mol. The maximum Gasteiger partial charge on any atom is 0.408 e. The van der Waals surface area contributed by atoms with E-state index in [2.05, 4.69) is 26.6 Å². The van der Waals surface area contributed by atoms with Crippen molar-refractivity contribution in [3.63, 3.8) is 0 Å². The van der Waals surface area contributed by atoms with Crippen LogP contribution in [-0.4, -0.2) is 66.3 Å². The third-order valence-corrected chi connectivity index (χ3v) is 9.34. The molecule has 4 amide bonds. The number of carbonyl (C=O) groups excluding carboxylic acids is 4. The van der Waals surface area contributed by atoms with Crippen molar-refractivity contribution in [3.05, 3.63) is 138 Å². The van der Waals surface area contributed by atoms with E-state index in [9.17, 15) is 24.3 Å². The lowest BCUT2D eigenvalue weighted by molar-refractivity contribution is -0.134. The number of aliphatic hydroxyl groups excluding tert-OH is 1. The van der Waals surface area contributed by atoms with Crippen molar-refractivity contribution in [1.82, 2.24) is 26.6 Å². The van der Waals surface area contributed by atoms with Gasteiger partial charge in [-0.1, -0.05) is 131 Å². The van der Waals surface area contributed by atoms with Crippen molar-refractivity contribution in [2.45, 2.75) is 84.1 Å². The minimum atomic E-state index is -1.50. The highest BCUT2D eigenvalue weighted by atomic mass is 16.5. The summed E-state index contributed by atoms with van der Waals surface area (Å²) in [6, 6.07) is 30.9. The smallest absolute Gasteiger partial charge is 0.408 e. The van der Waals surface area contributed by atoms with Gasteiger partial charge in [-0.2, -0.15) is 0 Å². The fraction of sp³-hybridized carbons (Fsp3) is 0.364. The monoisotopic (exact) mass is 765 g/mol. The molecule has 4 aromatic rings. The lowest BCUT2D eigenvalue weighted by Crippen LogP contribution is -2.63. The van der Waals surface area contributed by atoms with Crippen LogP contribution in [0.3, 0.4) is 0 Å². The van der Waals surface area contributed by atoms with Crippen LogP contribution < -0.4 is 31.3 Å². The van der Waals surface area contributed by atoms with Gasteiger partial charge < -0.3 is 35.8 Å². The first-order valence-corrected chi connectivity index (χ1v) is 18.9. The number of alkyl carbamates (subject to hydrolysis) is 1. The largest absolute Gasteiger partial charge is 0.497 e. The Balaban J connectivity index is 1.58. The number of ether oxygens (including phenoxy) is 2. The minimum Gasteiger partial charge on any atom is -0.497 e. The van der Waals surface area contributed by atoms with Gasteiger partial charge in [0.15, 0.2) is 0 Å². The summed E-state index contributed by atoms with van der Waals surface area (Å²) in [6.07, 6.45) is -2.13. The van der Waals surface area contributed by atoms with Crippen LogP contribution in [-0.2, 0) is 45.2 Å². The Hall–Kier alpha value is -5.72. The molecule has 0 heterocycles. The predicted molar refractivity (Wildman–Crippen MR) is 215 cm³/mol. The average Bonchev–Trinajstić information content (AvgIpc) is 3.21. The Labute approximate surface area is 329 Å². The second kappa shape index (κ2) is 22.0. The molecule has 0 fully saturated rings. The van der Waals surface area contributed by atoms with Gasteiger partial charge in [-0.05, 0) is 52.6 Å². The molecular formula is C44H55N5O7. The van der Waals surface area contributed by atoms with Crippen molar-refractivity contribution in [2.75, 3.05) is 7.11 Å². The number of benzene rings is 4. The van der Waals surface area contributed by atoms with Crippen LogP contribution in [0.2, 0.25) is 0 Å². The number of carbonyl (C=O) groups is 4. The van der Waals surface area contributed by atoms with E-state index < -0.39 is 48.2 Å². The summed E-state index contributed by atoms with van der Waals surface area (Å²) in [5.41, 5.74) is 3.29. The molecule has 0 saturated heterocycles. The summed E-state index contributed by atoms with van der Waals surface area (Å²) >= 11 is 0. The zero-order chi connectivity index (χ0) is 40.5. The molecule has 0 radical (unpaired) electrons. The number of hydrogen-bond acceptors (Lipinski definition) is 8. The maximum atomic E-state index is 14.3. The van der Waals surface area contributed by atoms with Gasteiger partial charge in [0, 0.05) is 13.1 Å². The van der Waals surface area contributed by atoms with Gasteiger partial charge in [0.1, 0.15) is 30.5 Å². The predicted octanol–water partition coefficient (Wildman–Crippen LogP) is 4.65. The first-order chi connectivity index (χ1) is 26.9. The van der Waals surface area contributed by atoms with E-state index in [0.717, 1.165) is 22.3 Å². The van der Waals surface area contributed by atoms with Crippen LogP contribution >= 0.6 is 0 Å². The first-order valence-electron chi connectivity index (χ1n) is 18.9. The van der Waals surface area contributed by atoms with Crippen LogP contribution in [0.5, 0.6) is 5.75 Å². The molecule has 4 rings (SSSR count). The van der Waals surface area contributed by atoms with E-state index in [4.69, 9.17) is 9.47 Å². The molecule has 12 nitrogen and oxygen atoms in total. The standard InChI is InChI=1S/C44H55N5O7/c1-29(2)37(41(51)46-27-32-17-11-7-12-18-32)48-43(53)39(45-26-33-21-23-35(55-5)24-22-33)40(50)36(25-31-15-9-6-10-16-31)47-42(52)38(30(3)4)49-44(54)56-28-34-19-13-8-14-20-34/h6-24,29-30,36-40,45,50H,25-28H2,1-5H3,(H,46,51)(H,47,52)(H,48,53)(H,49,54)/t36?,37-,38?,39?,40?/m1/s1. The topological polar surface area (TPSA) is 167 Å². The average molecular weight is 766 g/mol. The summed E-state index contributed by atoms with van der Waals surface area (Å²) in [4.78, 5) is 54.7. The van der Waals surface area contributed by atoms with Crippen molar-refractivity contribution in [3.8, 4) is 5.75 Å². The Bertz CT molecular complexity index is 1810. The molecule has 0 saturated carbocycles. The quantitative estimate of drug-likeness (QED) is 0.0757. The third kappa shape index (κ3) is 13.5. The van der Waals surface area contributed by atoms with E-state index in [1.807, 2.05) is 117 Å². The van der Waals surface area contributed by atoms with Crippen molar-refractivity contribution in [1.29, 1.82) is 0 Å². The van der Waals surface area contributed by atoms with Gasteiger partial charge in [0.05, 0.1) is 19.3 Å². The molecule has 4 aromatic carbocycles. The van der Waals surface area contributed by atoms with Gasteiger partial charge in [0.2, 0.25) is 17.7 Å². The highest BCUT2D eigenvalue weighted by Gasteiger charge is 2.38. The molecule has 0 bridgehead atoms. The third-order valence-electron chi connectivity index (χ3n) is 9.34. The van der Waals surface area contributed by atoms with Crippen molar-refractivity contribution < 1.29 is 33.8 Å². The van der Waals surface area contributed by atoms with Gasteiger partial charge in [-0.15, -0.1) is 0 Å². The van der Waals surface area contributed by atoms with Crippen molar-refractivity contribution >= 4 is 23.8 Å². The molecule has 56 heavy (non-hydrogen) atoms. The van der Waals surface area contributed by atoms with Crippen LogP contribution in [0.15, 0.2) is 115 Å². The Morgan fingerprint density at radius 3 is 1.62 bits per heavy atom. The van der Waals surface area contributed by atoms with Gasteiger partial charge in [-0.25, -0.2) is 4.79 Å². The normalized spacial score (nSPS) is 13.8. The molecule has 0 spiro atoms. The minimum absolute atomic E-state index is 0.0206. The number of hydrogen-bond donors (Lipinski definition) is 6. The lowest BCUT2D eigenvalue weighted by Gasteiger charge is -2.33. The van der Waals surface area contributed by atoms with Crippen LogP contribution in [0.25, 0.3) is 0 Å². The first kappa shape index (κ1) is 43.0. The highest BCUT2D eigenvalue weighted by Crippen LogP contribution is 2.16.